The first-order valence-corrected chi connectivity index (χ1v) is 3.15. The molecule has 0 aromatic rings. The van der Waals surface area contributed by atoms with E-state index in [1.165, 1.54) is 0 Å². The SMILES string of the molecule is O=C([O-])C[C@@H]1C=CCC1. The highest BCUT2D eigenvalue weighted by molar-refractivity contribution is 5.64. The van der Waals surface area contributed by atoms with Crippen LogP contribution in [0.15, 0.2) is 12.2 Å². The summed E-state index contributed by atoms with van der Waals surface area (Å²) in [5, 5.41) is 10.0. The molecule has 0 saturated heterocycles. The molecule has 0 bridgehead atoms. The number of carbonyl (C=O) groups excluding carboxylic acids is 1. The zero-order valence-corrected chi connectivity index (χ0v) is 5.17. The number of hydrogen-bond donors (Lipinski definition) is 0. The fourth-order valence-electron chi connectivity index (χ4n) is 1.08. The van der Waals surface area contributed by atoms with Gasteiger partial charge in [-0.1, -0.05) is 12.2 Å². The number of carboxylic acid groups (broad SMARTS) is 1. The van der Waals surface area contributed by atoms with E-state index in [1.807, 2.05) is 12.2 Å². The third-order valence-corrected chi connectivity index (χ3v) is 1.54. The van der Waals surface area contributed by atoms with Crippen molar-refractivity contribution in [3.63, 3.8) is 0 Å². The largest absolute Gasteiger partial charge is 0.550 e. The van der Waals surface area contributed by atoms with Crippen molar-refractivity contribution in [2.24, 2.45) is 5.92 Å². The Kier molecular flexibility index (Phi) is 1.88. The number of carbonyl (C=O) groups is 1. The van der Waals surface area contributed by atoms with E-state index in [4.69, 9.17) is 0 Å². The molecule has 0 heterocycles. The van der Waals surface area contributed by atoms with Crippen molar-refractivity contribution in [3.05, 3.63) is 12.2 Å². The van der Waals surface area contributed by atoms with Gasteiger partial charge in [-0.3, -0.25) is 0 Å². The fraction of sp³-hybridized carbons (Fsp3) is 0.571. The molecule has 0 spiro atoms. The van der Waals surface area contributed by atoms with Gasteiger partial charge in [0.1, 0.15) is 0 Å². The molecule has 2 heteroatoms. The number of carboxylic acids is 1. The summed E-state index contributed by atoms with van der Waals surface area (Å²) in [4.78, 5) is 10.0. The van der Waals surface area contributed by atoms with Crippen LogP contribution in [0.3, 0.4) is 0 Å². The van der Waals surface area contributed by atoms with E-state index in [9.17, 15) is 9.90 Å². The lowest BCUT2D eigenvalue weighted by Crippen LogP contribution is -2.24. The van der Waals surface area contributed by atoms with Gasteiger partial charge in [-0.15, -0.1) is 0 Å². The van der Waals surface area contributed by atoms with E-state index < -0.39 is 5.97 Å². The molecule has 50 valence electrons. The van der Waals surface area contributed by atoms with Crippen molar-refractivity contribution in [1.29, 1.82) is 0 Å². The molecule has 1 aliphatic carbocycles. The van der Waals surface area contributed by atoms with Gasteiger partial charge >= 0.3 is 0 Å². The smallest absolute Gasteiger partial charge is 0.0420 e. The molecule has 0 aliphatic heterocycles. The van der Waals surface area contributed by atoms with Crippen LogP contribution in [0.1, 0.15) is 19.3 Å². The Morgan fingerprint density at radius 3 is 3.00 bits per heavy atom. The van der Waals surface area contributed by atoms with Gasteiger partial charge in [-0.05, 0) is 25.2 Å². The number of allylic oxidation sites excluding steroid dienone is 2. The second-order valence-electron chi connectivity index (χ2n) is 2.34. The van der Waals surface area contributed by atoms with Crippen LogP contribution in [0.25, 0.3) is 0 Å². The van der Waals surface area contributed by atoms with E-state index in [1.54, 1.807) is 0 Å². The van der Waals surface area contributed by atoms with Gasteiger partial charge in [0.05, 0.1) is 0 Å². The zero-order chi connectivity index (χ0) is 6.69. The Bertz CT molecular complexity index is 138. The molecular formula is C7H9O2-. The minimum Gasteiger partial charge on any atom is -0.550 e. The van der Waals surface area contributed by atoms with Crippen LogP contribution >= 0.6 is 0 Å². The summed E-state index contributed by atoms with van der Waals surface area (Å²) in [7, 11) is 0. The highest BCUT2D eigenvalue weighted by atomic mass is 16.4. The predicted octanol–water partition coefficient (Wildman–Crippen LogP) is 0.0926. The molecule has 2 nitrogen and oxygen atoms in total. The average molecular weight is 125 g/mol. The summed E-state index contributed by atoms with van der Waals surface area (Å²) < 4.78 is 0. The normalized spacial score (nSPS) is 24.7. The maximum Gasteiger partial charge on any atom is 0.0420 e. The van der Waals surface area contributed by atoms with Crippen molar-refractivity contribution in [3.8, 4) is 0 Å². The second-order valence-corrected chi connectivity index (χ2v) is 2.34. The van der Waals surface area contributed by atoms with Crippen LogP contribution in [0, 0.1) is 5.92 Å². The number of hydrogen-bond acceptors (Lipinski definition) is 2. The Morgan fingerprint density at radius 1 is 1.78 bits per heavy atom. The first-order valence-electron chi connectivity index (χ1n) is 3.15. The van der Waals surface area contributed by atoms with E-state index in [-0.39, 0.29) is 12.3 Å². The third-order valence-electron chi connectivity index (χ3n) is 1.54. The molecule has 1 rings (SSSR count). The van der Waals surface area contributed by atoms with E-state index in [2.05, 4.69) is 0 Å². The highest BCUT2D eigenvalue weighted by Gasteiger charge is 2.07. The molecule has 9 heavy (non-hydrogen) atoms. The first kappa shape index (κ1) is 6.33. The average Bonchev–Trinajstić information content (AvgIpc) is 2.15. The van der Waals surface area contributed by atoms with E-state index in [0.29, 0.717) is 0 Å². The molecule has 0 aromatic carbocycles. The summed E-state index contributed by atoms with van der Waals surface area (Å²) in [5.41, 5.74) is 0. The maximum absolute atomic E-state index is 10.0. The van der Waals surface area contributed by atoms with Crippen LogP contribution in [0.2, 0.25) is 0 Å². The zero-order valence-electron chi connectivity index (χ0n) is 5.17. The minimum atomic E-state index is -0.938. The van der Waals surface area contributed by atoms with Crippen molar-refractivity contribution in [2.45, 2.75) is 19.3 Å². The highest BCUT2D eigenvalue weighted by Crippen LogP contribution is 2.19. The van der Waals surface area contributed by atoms with Crippen molar-refractivity contribution < 1.29 is 9.90 Å². The summed E-state index contributed by atoms with van der Waals surface area (Å²) in [6.45, 7) is 0. The molecule has 0 radical (unpaired) electrons. The quantitative estimate of drug-likeness (QED) is 0.491. The lowest BCUT2D eigenvalue weighted by atomic mass is 10.1. The predicted molar refractivity (Wildman–Crippen MR) is 31.5 cm³/mol. The molecule has 1 atom stereocenters. The van der Waals surface area contributed by atoms with Gasteiger partial charge in [0.25, 0.3) is 0 Å². The topological polar surface area (TPSA) is 40.1 Å². The Labute approximate surface area is 54.2 Å². The summed E-state index contributed by atoms with van der Waals surface area (Å²) in [6, 6.07) is 0. The summed E-state index contributed by atoms with van der Waals surface area (Å²) in [5.74, 6) is -0.693. The molecule has 0 saturated carbocycles. The first-order chi connectivity index (χ1) is 4.29. The molecule has 0 aromatic heterocycles. The van der Waals surface area contributed by atoms with Gasteiger partial charge in [0.15, 0.2) is 0 Å². The van der Waals surface area contributed by atoms with Gasteiger partial charge in [-0.25, -0.2) is 0 Å². The number of aliphatic carboxylic acids is 1. The van der Waals surface area contributed by atoms with Crippen LogP contribution < -0.4 is 5.11 Å². The molecule has 0 fully saturated rings. The molecular weight excluding hydrogens is 116 g/mol. The van der Waals surface area contributed by atoms with E-state index in [0.717, 1.165) is 12.8 Å². The Balaban J connectivity index is 2.28. The maximum atomic E-state index is 10.0. The monoisotopic (exact) mass is 125 g/mol. The second kappa shape index (κ2) is 2.67. The lowest BCUT2D eigenvalue weighted by molar-refractivity contribution is -0.306. The van der Waals surface area contributed by atoms with Gasteiger partial charge in [-0.2, -0.15) is 0 Å². The van der Waals surface area contributed by atoms with Gasteiger partial charge in [0, 0.05) is 5.97 Å². The minimum absolute atomic E-state index is 0.191. The van der Waals surface area contributed by atoms with Gasteiger partial charge in [0.2, 0.25) is 0 Å². The Hall–Kier alpha value is -0.790. The van der Waals surface area contributed by atoms with Crippen molar-refractivity contribution in [1.82, 2.24) is 0 Å². The standard InChI is InChI=1S/C7H10O2/c8-7(9)5-6-3-1-2-4-6/h1,3,6H,2,4-5H2,(H,8,9)/p-1/t6-/m1/s1. The van der Waals surface area contributed by atoms with Crippen LogP contribution in [-0.4, -0.2) is 5.97 Å². The van der Waals surface area contributed by atoms with Crippen LogP contribution in [0.5, 0.6) is 0 Å². The molecule has 0 amide bonds. The summed E-state index contributed by atoms with van der Waals surface area (Å²) in [6.07, 6.45) is 6.17. The fourth-order valence-corrected chi connectivity index (χ4v) is 1.08. The molecule has 0 unspecified atom stereocenters. The number of rotatable bonds is 2. The van der Waals surface area contributed by atoms with Crippen LogP contribution in [-0.2, 0) is 4.79 Å². The Morgan fingerprint density at radius 2 is 2.56 bits per heavy atom. The van der Waals surface area contributed by atoms with Crippen LogP contribution in [0.4, 0.5) is 0 Å². The van der Waals surface area contributed by atoms with Gasteiger partial charge < -0.3 is 9.90 Å². The third kappa shape index (κ3) is 1.88. The van der Waals surface area contributed by atoms with Crippen molar-refractivity contribution in [2.75, 3.05) is 0 Å². The molecule has 0 N–H and O–H groups in total. The van der Waals surface area contributed by atoms with Crippen molar-refractivity contribution >= 4 is 5.97 Å². The van der Waals surface area contributed by atoms with E-state index >= 15 is 0 Å². The molecule has 1 aliphatic rings. The lowest BCUT2D eigenvalue weighted by Gasteiger charge is -2.06. The summed E-state index contributed by atoms with van der Waals surface area (Å²) >= 11 is 0.